The van der Waals surface area contributed by atoms with Crippen LogP contribution >= 0.6 is 45.2 Å². The molecule has 8 heteroatoms. The Morgan fingerprint density at radius 1 is 1.21 bits per heavy atom. The highest BCUT2D eigenvalue weighted by Crippen LogP contribution is 2.33. The lowest BCUT2D eigenvalue weighted by molar-refractivity contribution is 0.123. The fraction of sp³-hybridized carbons (Fsp3) is 1.00. The Kier molecular flexibility index (Phi) is 5.78. The molecule has 19 heavy (non-hydrogen) atoms. The number of sulfonamides is 1. The minimum Gasteiger partial charge on any atom is -0.292 e. The number of alkyl halides is 2. The Bertz CT molecular complexity index is 410. The number of halogens is 2. The van der Waals surface area contributed by atoms with Gasteiger partial charge in [0.05, 0.1) is 8.10 Å². The molecule has 2 N–H and O–H groups in total. The molecule has 0 aromatic heterocycles. The van der Waals surface area contributed by atoms with Crippen LogP contribution in [0.15, 0.2) is 0 Å². The van der Waals surface area contributed by atoms with Gasteiger partial charge in [-0.05, 0) is 26.2 Å². The van der Waals surface area contributed by atoms with Gasteiger partial charge in [-0.2, -0.15) is 0 Å². The molecule has 112 valence electrons. The first-order valence-corrected chi connectivity index (χ1v) is 10.7. The van der Waals surface area contributed by atoms with Crippen molar-refractivity contribution in [1.29, 1.82) is 0 Å². The number of nitrogens with zero attached hydrogens (tertiary/aromatic N) is 2. The van der Waals surface area contributed by atoms with E-state index in [1.165, 1.54) is 0 Å². The second-order valence-electron chi connectivity index (χ2n) is 5.37. The SMILES string of the molecule is CC(I)N1CCC(N2CCC(S(N)(=O)=O)C2I)CC1. The fourth-order valence-corrected chi connectivity index (χ4v) is 6.81. The van der Waals surface area contributed by atoms with E-state index in [9.17, 15) is 8.42 Å². The third-order valence-electron chi connectivity index (χ3n) is 4.19. The summed E-state index contributed by atoms with van der Waals surface area (Å²) < 4.78 is 23.7. The summed E-state index contributed by atoms with van der Waals surface area (Å²) in [6, 6.07) is 0.514. The largest absolute Gasteiger partial charge is 0.292 e. The van der Waals surface area contributed by atoms with E-state index in [0.717, 1.165) is 32.5 Å². The molecule has 0 spiro atoms. The van der Waals surface area contributed by atoms with Crippen LogP contribution in [0.3, 0.4) is 0 Å². The van der Waals surface area contributed by atoms with Crippen molar-refractivity contribution in [3.05, 3.63) is 0 Å². The molecule has 2 rings (SSSR count). The number of hydrogen-bond donors (Lipinski definition) is 1. The van der Waals surface area contributed by atoms with Gasteiger partial charge in [-0.15, -0.1) is 0 Å². The molecular weight excluding hydrogens is 492 g/mol. The fourth-order valence-electron chi connectivity index (χ4n) is 3.03. The summed E-state index contributed by atoms with van der Waals surface area (Å²) in [4.78, 5) is 4.83. The van der Waals surface area contributed by atoms with Crippen molar-refractivity contribution in [2.45, 2.75) is 45.6 Å². The lowest BCUT2D eigenvalue weighted by atomic mass is 10.0. The lowest BCUT2D eigenvalue weighted by Gasteiger charge is -2.39. The Labute approximate surface area is 143 Å². The van der Waals surface area contributed by atoms with Crippen LogP contribution in [0.5, 0.6) is 0 Å². The molecule has 2 heterocycles. The average Bonchev–Trinajstić information content (AvgIpc) is 2.71. The molecule has 2 saturated heterocycles. The van der Waals surface area contributed by atoms with Crippen molar-refractivity contribution in [3.8, 4) is 0 Å². The lowest BCUT2D eigenvalue weighted by Crippen LogP contribution is -2.48. The van der Waals surface area contributed by atoms with Gasteiger partial charge in [-0.25, -0.2) is 13.6 Å². The number of primary sulfonamides is 1. The van der Waals surface area contributed by atoms with Crippen molar-refractivity contribution < 1.29 is 8.42 Å². The second-order valence-corrected chi connectivity index (χ2v) is 10.2. The van der Waals surface area contributed by atoms with E-state index in [1.54, 1.807) is 0 Å². The van der Waals surface area contributed by atoms with Crippen LogP contribution in [0.25, 0.3) is 0 Å². The summed E-state index contributed by atoms with van der Waals surface area (Å²) in [6.07, 6.45) is 2.93. The molecule has 0 radical (unpaired) electrons. The van der Waals surface area contributed by atoms with Gasteiger partial charge < -0.3 is 0 Å². The van der Waals surface area contributed by atoms with Gasteiger partial charge in [0.15, 0.2) is 0 Å². The molecule has 0 aliphatic carbocycles. The topological polar surface area (TPSA) is 66.6 Å². The molecule has 2 aliphatic rings. The van der Waals surface area contributed by atoms with Crippen LogP contribution < -0.4 is 5.14 Å². The third-order valence-corrected chi connectivity index (χ3v) is 8.39. The van der Waals surface area contributed by atoms with Gasteiger partial charge in [-0.1, -0.05) is 45.2 Å². The predicted molar refractivity (Wildman–Crippen MR) is 94.1 cm³/mol. The van der Waals surface area contributed by atoms with Gasteiger partial charge >= 0.3 is 0 Å². The zero-order valence-corrected chi connectivity index (χ0v) is 16.1. The van der Waals surface area contributed by atoms with Crippen LogP contribution in [-0.4, -0.2) is 57.2 Å². The van der Waals surface area contributed by atoms with E-state index in [-0.39, 0.29) is 4.05 Å². The summed E-state index contributed by atoms with van der Waals surface area (Å²) in [5, 5.41) is 4.92. The molecule has 0 amide bonds. The molecule has 0 bridgehead atoms. The zero-order valence-electron chi connectivity index (χ0n) is 11.0. The van der Waals surface area contributed by atoms with Crippen LogP contribution in [0.1, 0.15) is 26.2 Å². The first-order chi connectivity index (χ1) is 8.80. The van der Waals surface area contributed by atoms with E-state index in [0.29, 0.717) is 16.5 Å². The molecule has 0 aromatic rings. The first-order valence-electron chi connectivity index (χ1n) is 6.60. The first kappa shape index (κ1) is 16.7. The number of likely N-dealkylation sites (tertiary alicyclic amines) is 2. The molecule has 0 aromatic carbocycles. The van der Waals surface area contributed by atoms with E-state index >= 15 is 0 Å². The summed E-state index contributed by atoms with van der Waals surface area (Å²) in [6.45, 7) is 5.29. The maximum absolute atomic E-state index is 11.6. The summed E-state index contributed by atoms with van der Waals surface area (Å²) in [5.41, 5.74) is 0. The van der Waals surface area contributed by atoms with Crippen molar-refractivity contribution in [2.24, 2.45) is 5.14 Å². The third kappa shape index (κ3) is 3.93. The van der Waals surface area contributed by atoms with Gasteiger partial charge in [0.2, 0.25) is 10.0 Å². The molecule has 3 atom stereocenters. The van der Waals surface area contributed by atoms with Crippen LogP contribution in [0.4, 0.5) is 0 Å². The van der Waals surface area contributed by atoms with Gasteiger partial charge in [0.1, 0.15) is 5.25 Å². The average molecular weight is 513 g/mol. The standard InChI is InChI=1S/C11H21I2N3O2S/c1-8(12)15-5-2-9(3-6-15)16-7-4-10(11(16)13)19(14,17)18/h8-11H,2-7H2,1H3,(H2,14,17,18). The molecule has 5 nitrogen and oxygen atoms in total. The Morgan fingerprint density at radius 3 is 2.21 bits per heavy atom. The highest BCUT2D eigenvalue weighted by molar-refractivity contribution is 14.1. The van der Waals surface area contributed by atoms with E-state index in [4.69, 9.17) is 5.14 Å². The molecule has 0 saturated carbocycles. The van der Waals surface area contributed by atoms with E-state index in [2.05, 4.69) is 61.9 Å². The van der Waals surface area contributed by atoms with Gasteiger partial charge in [-0.3, -0.25) is 9.80 Å². The predicted octanol–water partition coefficient (Wildman–Crippen LogP) is 1.36. The normalized spacial score (nSPS) is 33.7. The Hall–Kier alpha value is 1.29. The van der Waals surface area contributed by atoms with E-state index in [1.807, 2.05) is 0 Å². The van der Waals surface area contributed by atoms with Crippen molar-refractivity contribution in [2.75, 3.05) is 19.6 Å². The van der Waals surface area contributed by atoms with Crippen LogP contribution in [0.2, 0.25) is 0 Å². The summed E-state index contributed by atoms with van der Waals surface area (Å²) >= 11 is 4.70. The maximum atomic E-state index is 11.6. The number of hydrogen-bond acceptors (Lipinski definition) is 4. The van der Waals surface area contributed by atoms with Crippen molar-refractivity contribution in [3.63, 3.8) is 0 Å². The number of piperidine rings is 1. The van der Waals surface area contributed by atoms with Gasteiger partial charge in [0, 0.05) is 25.7 Å². The second kappa shape index (κ2) is 6.59. The Morgan fingerprint density at radius 2 is 1.79 bits per heavy atom. The number of rotatable bonds is 3. The van der Waals surface area contributed by atoms with Crippen LogP contribution in [-0.2, 0) is 10.0 Å². The molecular formula is C11H21I2N3O2S. The Balaban J connectivity index is 1.95. The maximum Gasteiger partial charge on any atom is 0.214 e. The molecule has 3 unspecified atom stereocenters. The highest BCUT2D eigenvalue weighted by atomic mass is 127. The highest BCUT2D eigenvalue weighted by Gasteiger charge is 2.42. The van der Waals surface area contributed by atoms with Crippen molar-refractivity contribution >= 4 is 55.2 Å². The molecule has 2 aliphatic heterocycles. The summed E-state index contributed by atoms with van der Waals surface area (Å²) in [7, 11) is -3.41. The monoisotopic (exact) mass is 513 g/mol. The minimum atomic E-state index is -3.41. The summed E-state index contributed by atoms with van der Waals surface area (Å²) in [5.74, 6) is 0. The molecule has 2 fully saturated rings. The van der Waals surface area contributed by atoms with Crippen molar-refractivity contribution in [1.82, 2.24) is 9.80 Å². The smallest absolute Gasteiger partial charge is 0.214 e. The van der Waals surface area contributed by atoms with E-state index < -0.39 is 15.3 Å². The number of nitrogens with two attached hydrogens (primary N) is 1. The zero-order chi connectivity index (χ0) is 14.2. The quantitative estimate of drug-likeness (QED) is 0.352. The van der Waals surface area contributed by atoms with Gasteiger partial charge in [0.25, 0.3) is 0 Å². The van der Waals surface area contributed by atoms with Crippen LogP contribution in [0, 0.1) is 0 Å². The minimum absolute atomic E-state index is 0.0289.